The maximum atomic E-state index is 13.3. The zero-order chi connectivity index (χ0) is 22.3. The fourth-order valence-corrected chi connectivity index (χ4v) is 4.05. The number of carbonyl (C=O) groups excluding carboxylic acids is 2. The number of thiocarbonyl (C=S) groups is 1. The van der Waals surface area contributed by atoms with Crippen molar-refractivity contribution in [3.8, 4) is 5.69 Å². The predicted molar refractivity (Wildman–Crippen MR) is 123 cm³/mol. The first-order chi connectivity index (χ1) is 14.8. The Morgan fingerprint density at radius 1 is 1.03 bits per heavy atom. The number of anilines is 1. The van der Waals surface area contributed by atoms with Crippen LogP contribution >= 0.6 is 23.8 Å². The quantitative estimate of drug-likeness (QED) is 0.355. The maximum absolute atomic E-state index is 13.3. The van der Waals surface area contributed by atoms with Crippen LogP contribution in [0.1, 0.15) is 17.0 Å². The summed E-state index contributed by atoms with van der Waals surface area (Å²) in [6, 6.07) is 14.6. The molecule has 2 heterocycles. The summed E-state index contributed by atoms with van der Waals surface area (Å²) in [6.45, 7) is 3.77. The normalized spacial score (nSPS) is 15.5. The molecule has 1 saturated heterocycles. The number of nitrogens with zero attached hydrogens (tertiary/aromatic N) is 2. The minimum absolute atomic E-state index is 0.00815. The van der Waals surface area contributed by atoms with Gasteiger partial charge in [0.05, 0.1) is 5.69 Å². The van der Waals surface area contributed by atoms with Crippen LogP contribution in [0.4, 0.5) is 10.1 Å². The third kappa shape index (κ3) is 3.89. The summed E-state index contributed by atoms with van der Waals surface area (Å²) in [5.41, 5.74) is 3.57. The van der Waals surface area contributed by atoms with E-state index >= 15 is 0 Å². The molecule has 1 aliphatic heterocycles. The Bertz CT molecular complexity index is 1260. The first-order valence-corrected chi connectivity index (χ1v) is 10.2. The third-order valence-electron chi connectivity index (χ3n) is 5.02. The van der Waals surface area contributed by atoms with Gasteiger partial charge in [-0.1, -0.05) is 17.7 Å². The van der Waals surface area contributed by atoms with Crippen LogP contribution in [0.5, 0.6) is 0 Å². The molecule has 1 fully saturated rings. The summed E-state index contributed by atoms with van der Waals surface area (Å²) in [7, 11) is 0. The first kappa shape index (κ1) is 21.0. The van der Waals surface area contributed by atoms with Crippen molar-refractivity contribution in [3.05, 3.63) is 88.0 Å². The van der Waals surface area contributed by atoms with Gasteiger partial charge < -0.3 is 4.57 Å². The van der Waals surface area contributed by atoms with Crippen molar-refractivity contribution < 1.29 is 14.0 Å². The number of nitrogens with one attached hydrogen (secondary N) is 1. The molecule has 4 rings (SSSR count). The Morgan fingerprint density at radius 2 is 1.74 bits per heavy atom. The van der Waals surface area contributed by atoms with Gasteiger partial charge >= 0.3 is 0 Å². The van der Waals surface area contributed by atoms with E-state index < -0.39 is 11.8 Å². The molecule has 5 nitrogen and oxygen atoms in total. The number of carbonyl (C=O) groups is 2. The molecule has 0 radical (unpaired) electrons. The summed E-state index contributed by atoms with van der Waals surface area (Å²) >= 11 is 11.3. The average molecular weight is 454 g/mol. The van der Waals surface area contributed by atoms with Gasteiger partial charge in [-0.25, -0.2) is 4.39 Å². The Morgan fingerprint density at radius 3 is 2.42 bits per heavy atom. The van der Waals surface area contributed by atoms with E-state index in [2.05, 4.69) is 5.32 Å². The highest BCUT2D eigenvalue weighted by atomic mass is 35.5. The second-order valence-corrected chi connectivity index (χ2v) is 7.90. The summed E-state index contributed by atoms with van der Waals surface area (Å²) < 4.78 is 15.2. The molecular formula is C23H17ClFN3O2S. The third-order valence-corrected chi connectivity index (χ3v) is 5.54. The monoisotopic (exact) mass is 453 g/mol. The lowest BCUT2D eigenvalue weighted by molar-refractivity contribution is -0.122. The molecule has 0 bridgehead atoms. The largest absolute Gasteiger partial charge is 0.318 e. The first-order valence-electron chi connectivity index (χ1n) is 9.38. The van der Waals surface area contributed by atoms with Crippen LogP contribution in [0.3, 0.4) is 0 Å². The SMILES string of the molecule is Cc1cc(C=C2C(=O)NC(=S)N(c3cccc(Cl)c3)C2=O)c(C)n1-c1ccc(F)cc1. The number of hydrogen-bond acceptors (Lipinski definition) is 3. The summed E-state index contributed by atoms with van der Waals surface area (Å²) in [6.07, 6.45) is 1.54. The number of aromatic nitrogens is 1. The number of hydrogen-bond donors (Lipinski definition) is 1. The summed E-state index contributed by atoms with van der Waals surface area (Å²) in [5, 5.41) is 3.00. The lowest BCUT2D eigenvalue weighted by Crippen LogP contribution is -2.54. The molecule has 0 saturated carbocycles. The molecule has 1 aromatic heterocycles. The van der Waals surface area contributed by atoms with Crippen molar-refractivity contribution in [1.29, 1.82) is 0 Å². The van der Waals surface area contributed by atoms with E-state index in [-0.39, 0.29) is 16.5 Å². The van der Waals surface area contributed by atoms with Crippen LogP contribution in [0, 0.1) is 19.7 Å². The van der Waals surface area contributed by atoms with E-state index in [1.807, 2.05) is 24.5 Å². The second-order valence-electron chi connectivity index (χ2n) is 7.08. The highest BCUT2D eigenvalue weighted by molar-refractivity contribution is 7.80. The maximum Gasteiger partial charge on any atom is 0.270 e. The molecule has 0 aliphatic carbocycles. The Hall–Kier alpha value is -3.29. The fraction of sp³-hybridized carbons (Fsp3) is 0.0870. The number of halogens is 2. The van der Waals surface area contributed by atoms with Crippen LogP contribution in [-0.2, 0) is 9.59 Å². The molecule has 0 atom stereocenters. The van der Waals surface area contributed by atoms with Crippen molar-refractivity contribution in [2.75, 3.05) is 4.90 Å². The van der Waals surface area contributed by atoms with Crippen LogP contribution in [0.2, 0.25) is 5.02 Å². The predicted octanol–water partition coefficient (Wildman–Crippen LogP) is 4.72. The van der Waals surface area contributed by atoms with Gasteiger partial charge in [-0.2, -0.15) is 0 Å². The number of rotatable bonds is 3. The smallest absolute Gasteiger partial charge is 0.270 e. The Kier molecular flexibility index (Phi) is 5.47. The van der Waals surface area contributed by atoms with E-state index in [1.54, 1.807) is 42.5 Å². The molecule has 2 aromatic carbocycles. The van der Waals surface area contributed by atoms with Crippen molar-refractivity contribution in [2.45, 2.75) is 13.8 Å². The van der Waals surface area contributed by atoms with E-state index in [1.165, 1.54) is 17.0 Å². The van der Waals surface area contributed by atoms with Crippen molar-refractivity contribution in [2.24, 2.45) is 0 Å². The van der Waals surface area contributed by atoms with Gasteiger partial charge in [0.15, 0.2) is 5.11 Å². The molecule has 2 amide bonds. The number of benzene rings is 2. The van der Waals surface area contributed by atoms with Crippen molar-refractivity contribution in [3.63, 3.8) is 0 Å². The van der Waals surface area contributed by atoms with E-state index in [9.17, 15) is 14.0 Å². The molecule has 1 N–H and O–H groups in total. The summed E-state index contributed by atoms with van der Waals surface area (Å²) in [5.74, 6) is -1.43. The van der Waals surface area contributed by atoms with Crippen molar-refractivity contribution >= 4 is 52.5 Å². The van der Waals surface area contributed by atoms with Gasteiger partial charge in [-0.05, 0) is 86.2 Å². The van der Waals surface area contributed by atoms with Gasteiger partial charge in [0, 0.05) is 22.1 Å². The van der Waals surface area contributed by atoms with Crippen LogP contribution in [-0.4, -0.2) is 21.5 Å². The van der Waals surface area contributed by atoms with Gasteiger partial charge in [0.25, 0.3) is 11.8 Å². The Labute approximate surface area is 188 Å². The standard InChI is InChI=1S/C23H17ClFN3O2S/c1-13-10-15(14(2)27(13)18-8-6-17(25)7-9-18)11-20-21(29)26-23(31)28(22(20)30)19-5-3-4-16(24)12-19/h3-12H,1-2H3,(H,26,29,31). The fourth-order valence-electron chi connectivity index (χ4n) is 3.58. The molecule has 3 aromatic rings. The van der Waals surface area contributed by atoms with Gasteiger partial charge in [-0.3, -0.25) is 19.8 Å². The van der Waals surface area contributed by atoms with Gasteiger partial charge in [0.2, 0.25) is 0 Å². The molecule has 31 heavy (non-hydrogen) atoms. The number of amides is 2. The minimum Gasteiger partial charge on any atom is -0.318 e. The highest BCUT2D eigenvalue weighted by Crippen LogP contribution is 2.27. The minimum atomic E-state index is -0.570. The molecular weight excluding hydrogens is 437 g/mol. The zero-order valence-corrected chi connectivity index (χ0v) is 18.2. The molecule has 0 unspecified atom stereocenters. The van der Waals surface area contributed by atoms with Gasteiger partial charge in [0.1, 0.15) is 11.4 Å². The second kappa shape index (κ2) is 8.09. The van der Waals surface area contributed by atoms with Crippen LogP contribution in [0.15, 0.2) is 60.2 Å². The molecule has 8 heteroatoms. The van der Waals surface area contributed by atoms with E-state index in [0.29, 0.717) is 16.3 Å². The number of aryl methyl sites for hydroxylation is 1. The lowest BCUT2D eigenvalue weighted by atomic mass is 10.1. The van der Waals surface area contributed by atoms with E-state index in [0.717, 1.165) is 17.1 Å². The Balaban J connectivity index is 1.76. The van der Waals surface area contributed by atoms with Crippen LogP contribution < -0.4 is 10.2 Å². The van der Waals surface area contributed by atoms with E-state index in [4.69, 9.17) is 23.8 Å². The lowest BCUT2D eigenvalue weighted by Gasteiger charge is -2.29. The average Bonchev–Trinajstić information content (AvgIpc) is 2.99. The van der Waals surface area contributed by atoms with Crippen molar-refractivity contribution in [1.82, 2.24) is 9.88 Å². The zero-order valence-electron chi connectivity index (χ0n) is 16.6. The topological polar surface area (TPSA) is 54.3 Å². The molecule has 156 valence electrons. The van der Waals surface area contributed by atoms with Gasteiger partial charge in [-0.15, -0.1) is 0 Å². The highest BCUT2D eigenvalue weighted by Gasteiger charge is 2.34. The molecule has 1 aliphatic rings. The van der Waals surface area contributed by atoms with Crippen LogP contribution in [0.25, 0.3) is 11.8 Å². The summed E-state index contributed by atoms with van der Waals surface area (Å²) in [4.78, 5) is 27.0. The molecule has 0 spiro atoms.